The average molecular weight is 316 g/mol. The number of halogens is 1. The van der Waals surface area contributed by atoms with E-state index in [1.54, 1.807) is 42.7 Å². The second-order valence-corrected chi connectivity index (χ2v) is 5.74. The Hall–Kier alpha value is -1.81. The molecule has 0 amide bonds. The van der Waals surface area contributed by atoms with Crippen LogP contribution < -0.4 is 0 Å². The summed E-state index contributed by atoms with van der Waals surface area (Å²) in [5, 5.41) is 0. The van der Waals surface area contributed by atoms with E-state index < -0.39 is 4.32 Å². The van der Waals surface area contributed by atoms with Crippen molar-refractivity contribution in [2.24, 2.45) is 0 Å². The minimum absolute atomic E-state index is 0.206. The van der Waals surface area contributed by atoms with Crippen LogP contribution in [0.1, 0.15) is 31.8 Å². The number of hydrogen-bond acceptors (Lipinski definition) is 3. The number of aryl methyl sites for hydroxylation is 1. The predicted molar refractivity (Wildman–Crippen MR) is 74.7 cm³/mol. The number of carbonyl (C=O) groups is 2. The van der Waals surface area contributed by atoms with Crippen molar-refractivity contribution in [2.75, 3.05) is 0 Å². The molecule has 3 rings (SSSR count). The molecule has 94 valence electrons. The molecule has 0 aliphatic heterocycles. The van der Waals surface area contributed by atoms with Gasteiger partial charge in [-0.2, -0.15) is 0 Å². The molecule has 0 fully saturated rings. The lowest BCUT2D eigenvalue weighted by atomic mass is 9.92. The number of alkyl halides is 1. The highest BCUT2D eigenvalue weighted by molar-refractivity contribution is 9.10. The highest BCUT2D eigenvalue weighted by atomic mass is 79.9. The molecule has 1 aromatic heterocycles. The lowest BCUT2D eigenvalue weighted by Gasteiger charge is -2.20. The van der Waals surface area contributed by atoms with Gasteiger partial charge in [0.2, 0.25) is 0 Å². The number of hydrogen-bond donors (Lipinski definition) is 0. The van der Waals surface area contributed by atoms with Gasteiger partial charge >= 0.3 is 0 Å². The molecule has 0 unspecified atom stereocenters. The number of benzene rings is 1. The number of rotatable bonds is 1. The Kier molecular flexibility index (Phi) is 2.64. The van der Waals surface area contributed by atoms with Gasteiger partial charge in [-0.1, -0.05) is 40.2 Å². The number of fused-ring (bicyclic) bond motifs is 1. The van der Waals surface area contributed by atoms with E-state index in [1.807, 2.05) is 6.92 Å². The number of pyridine rings is 1. The van der Waals surface area contributed by atoms with Crippen LogP contribution in [0.25, 0.3) is 0 Å². The predicted octanol–water partition coefficient (Wildman–Crippen LogP) is 3.06. The van der Waals surface area contributed by atoms with Gasteiger partial charge in [0.15, 0.2) is 15.9 Å². The third-order valence-corrected chi connectivity index (χ3v) is 4.58. The Labute approximate surface area is 118 Å². The first-order valence-electron chi connectivity index (χ1n) is 5.85. The lowest BCUT2D eigenvalue weighted by Crippen LogP contribution is -2.32. The second kappa shape index (κ2) is 4.10. The third kappa shape index (κ3) is 1.53. The van der Waals surface area contributed by atoms with Gasteiger partial charge in [-0.3, -0.25) is 14.6 Å². The molecule has 0 spiro atoms. The monoisotopic (exact) mass is 315 g/mol. The van der Waals surface area contributed by atoms with Crippen LogP contribution in [0.4, 0.5) is 0 Å². The summed E-state index contributed by atoms with van der Waals surface area (Å²) >= 11 is 3.39. The summed E-state index contributed by atoms with van der Waals surface area (Å²) in [5.74, 6) is -0.412. The zero-order chi connectivity index (χ0) is 13.6. The van der Waals surface area contributed by atoms with E-state index in [0.29, 0.717) is 16.7 Å². The SMILES string of the molecule is Cc1cnccc1C1(Br)C(=O)c2ccccc2C1=O. The molecule has 1 heterocycles. The quantitative estimate of drug-likeness (QED) is 0.600. The standard InChI is InChI=1S/C15H10BrNO2/c1-9-8-17-7-6-12(9)15(16)13(18)10-4-2-3-5-11(10)14(15)19/h2-8H,1H3. The molecule has 4 heteroatoms. The largest absolute Gasteiger partial charge is 0.292 e. The first kappa shape index (κ1) is 12.2. The molecule has 0 saturated heterocycles. The van der Waals surface area contributed by atoms with Crippen molar-refractivity contribution in [3.63, 3.8) is 0 Å². The summed E-state index contributed by atoms with van der Waals surface area (Å²) in [7, 11) is 0. The summed E-state index contributed by atoms with van der Waals surface area (Å²) in [4.78, 5) is 29.2. The molecule has 0 atom stereocenters. The van der Waals surface area contributed by atoms with Gasteiger partial charge in [0.1, 0.15) is 0 Å². The topological polar surface area (TPSA) is 47.0 Å². The maximum absolute atomic E-state index is 12.6. The van der Waals surface area contributed by atoms with Gasteiger partial charge in [0.25, 0.3) is 0 Å². The van der Waals surface area contributed by atoms with Crippen LogP contribution >= 0.6 is 15.9 Å². The Morgan fingerprint density at radius 1 is 1.05 bits per heavy atom. The van der Waals surface area contributed by atoms with Crippen LogP contribution in [0.5, 0.6) is 0 Å². The number of carbonyl (C=O) groups excluding carboxylic acids is 2. The van der Waals surface area contributed by atoms with Crippen LogP contribution in [0, 0.1) is 6.92 Å². The van der Waals surface area contributed by atoms with E-state index in [4.69, 9.17) is 0 Å². The Balaban J connectivity index is 2.26. The van der Waals surface area contributed by atoms with E-state index in [1.165, 1.54) is 0 Å². The minimum atomic E-state index is -1.30. The maximum atomic E-state index is 12.6. The lowest BCUT2D eigenvalue weighted by molar-refractivity contribution is 0.0871. The fourth-order valence-electron chi connectivity index (χ4n) is 2.46. The van der Waals surface area contributed by atoms with Crippen LogP contribution in [0.15, 0.2) is 42.7 Å². The zero-order valence-electron chi connectivity index (χ0n) is 10.2. The van der Waals surface area contributed by atoms with Crippen LogP contribution in [-0.4, -0.2) is 16.6 Å². The highest BCUT2D eigenvalue weighted by Gasteiger charge is 2.52. The molecule has 0 N–H and O–H groups in total. The number of ketones is 2. The van der Waals surface area contributed by atoms with Crippen molar-refractivity contribution in [1.82, 2.24) is 4.98 Å². The van der Waals surface area contributed by atoms with Gasteiger partial charge in [-0.05, 0) is 24.1 Å². The van der Waals surface area contributed by atoms with Crippen LogP contribution in [-0.2, 0) is 4.32 Å². The molecular formula is C15H10BrNO2. The molecule has 1 aliphatic carbocycles. The summed E-state index contributed by atoms with van der Waals surface area (Å²) in [6, 6.07) is 8.63. The Bertz CT molecular complexity index is 674. The highest BCUT2D eigenvalue weighted by Crippen LogP contribution is 2.45. The molecule has 1 aromatic carbocycles. The van der Waals surface area contributed by atoms with Crippen LogP contribution in [0.3, 0.4) is 0 Å². The van der Waals surface area contributed by atoms with Crippen molar-refractivity contribution in [2.45, 2.75) is 11.2 Å². The Morgan fingerprint density at radius 2 is 1.63 bits per heavy atom. The van der Waals surface area contributed by atoms with Gasteiger partial charge in [-0.15, -0.1) is 0 Å². The number of Topliss-reactive ketones (excluding diaryl/α,β-unsaturated/α-hetero) is 2. The van der Waals surface area contributed by atoms with Crippen molar-refractivity contribution >= 4 is 27.5 Å². The molecule has 0 saturated carbocycles. The number of nitrogens with zero attached hydrogens (tertiary/aromatic N) is 1. The van der Waals surface area contributed by atoms with E-state index in [-0.39, 0.29) is 11.6 Å². The first-order valence-corrected chi connectivity index (χ1v) is 6.64. The molecule has 19 heavy (non-hydrogen) atoms. The fraction of sp³-hybridized carbons (Fsp3) is 0.133. The zero-order valence-corrected chi connectivity index (χ0v) is 11.8. The summed E-state index contributed by atoms with van der Waals surface area (Å²) in [5.41, 5.74) is 2.42. The first-order chi connectivity index (χ1) is 9.06. The smallest absolute Gasteiger partial charge is 0.192 e. The van der Waals surface area contributed by atoms with E-state index in [9.17, 15) is 9.59 Å². The molecule has 0 radical (unpaired) electrons. The van der Waals surface area contributed by atoms with E-state index >= 15 is 0 Å². The van der Waals surface area contributed by atoms with Crippen molar-refractivity contribution in [3.05, 3.63) is 65.0 Å². The van der Waals surface area contributed by atoms with Gasteiger partial charge in [0, 0.05) is 23.5 Å². The normalized spacial score (nSPS) is 16.5. The Morgan fingerprint density at radius 3 is 2.16 bits per heavy atom. The molecule has 1 aliphatic rings. The summed E-state index contributed by atoms with van der Waals surface area (Å²) in [6.45, 7) is 1.84. The average Bonchev–Trinajstić information content (AvgIpc) is 2.63. The van der Waals surface area contributed by atoms with Crippen molar-refractivity contribution in [3.8, 4) is 0 Å². The van der Waals surface area contributed by atoms with Crippen molar-refractivity contribution in [1.29, 1.82) is 0 Å². The molecule has 2 aromatic rings. The van der Waals surface area contributed by atoms with Crippen LogP contribution in [0.2, 0.25) is 0 Å². The van der Waals surface area contributed by atoms with Crippen molar-refractivity contribution < 1.29 is 9.59 Å². The van der Waals surface area contributed by atoms with E-state index in [0.717, 1.165) is 5.56 Å². The summed E-state index contributed by atoms with van der Waals surface area (Å²) in [6.07, 6.45) is 3.25. The molecular weight excluding hydrogens is 306 g/mol. The maximum Gasteiger partial charge on any atom is 0.192 e. The third-order valence-electron chi connectivity index (χ3n) is 3.43. The fourth-order valence-corrected chi connectivity index (χ4v) is 3.33. The molecule has 3 nitrogen and oxygen atoms in total. The number of aromatic nitrogens is 1. The van der Waals surface area contributed by atoms with E-state index in [2.05, 4.69) is 20.9 Å². The van der Waals surface area contributed by atoms with Gasteiger partial charge in [0.05, 0.1) is 0 Å². The van der Waals surface area contributed by atoms with Gasteiger partial charge < -0.3 is 0 Å². The second-order valence-electron chi connectivity index (χ2n) is 4.55. The minimum Gasteiger partial charge on any atom is -0.292 e. The molecule has 0 bridgehead atoms. The van der Waals surface area contributed by atoms with Gasteiger partial charge in [-0.25, -0.2) is 0 Å². The summed E-state index contributed by atoms with van der Waals surface area (Å²) < 4.78 is -1.30.